The van der Waals surface area contributed by atoms with Gasteiger partial charge in [-0.25, -0.2) is 0 Å². The molecule has 0 bridgehead atoms. The fraction of sp³-hybridized carbons (Fsp3) is 0.562. The van der Waals surface area contributed by atoms with Gasteiger partial charge in [0, 0.05) is 6.20 Å². The minimum Gasteiger partial charge on any atom is -0.342 e. The first kappa shape index (κ1) is 14.0. The van der Waals surface area contributed by atoms with Crippen LogP contribution in [0.15, 0.2) is 18.3 Å². The molecule has 1 aliphatic heterocycles. The third-order valence-corrected chi connectivity index (χ3v) is 4.57. The number of carbonyl (C=O) groups excluding carboxylic acids is 2. The fourth-order valence-corrected chi connectivity index (χ4v) is 2.80. The lowest BCUT2D eigenvalue weighted by atomic mass is 9.93. The van der Waals surface area contributed by atoms with Crippen molar-refractivity contribution in [3.8, 4) is 0 Å². The smallest absolute Gasteiger partial charge is 0.246 e. The number of aryl methyl sites for hydroxylation is 1. The molecule has 1 aliphatic carbocycles. The van der Waals surface area contributed by atoms with Crippen LogP contribution in [0.25, 0.3) is 0 Å². The van der Waals surface area contributed by atoms with Gasteiger partial charge < -0.3 is 10.2 Å². The first-order chi connectivity index (χ1) is 9.91. The van der Waals surface area contributed by atoms with Crippen LogP contribution in [0.3, 0.4) is 0 Å². The van der Waals surface area contributed by atoms with Gasteiger partial charge in [-0.1, -0.05) is 6.07 Å². The van der Waals surface area contributed by atoms with Crippen LogP contribution in [0.1, 0.15) is 37.9 Å². The highest BCUT2D eigenvalue weighted by atomic mass is 16.2. The van der Waals surface area contributed by atoms with Gasteiger partial charge in [0.25, 0.3) is 0 Å². The second-order valence-corrected chi connectivity index (χ2v) is 6.54. The summed E-state index contributed by atoms with van der Waals surface area (Å²) in [7, 11) is 0. The van der Waals surface area contributed by atoms with E-state index in [4.69, 9.17) is 0 Å². The number of hydrogen-bond donors (Lipinski definition) is 1. The van der Waals surface area contributed by atoms with Crippen LogP contribution in [-0.2, 0) is 16.1 Å². The molecule has 5 nitrogen and oxygen atoms in total. The van der Waals surface area contributed by atoms with Gasteiger partial charge in [0.1, 0.15) is 11.6 Å². The van der Waals surface area contributed by atoms with Gasteiger partial charge in [0.2, 0.25) is 11.8 Å². The molecule has 112 valence electrons. The summed E-state index contributed by atoms with van der Waals surface area (Å²) in [4.78, 5) is 31.2. The second-order valence-electron chi connectivity index (χ2n) is 6.54. The van der Waals surface area contributed by atoms with Crippen molar-refractivity contribution in [3.63, 3.8) is 0 Å². The minimum atomic E-state index is -0.841. The molecule has 2 amide bonds. The van der Waals surface area contributed by atoms with Crippen molar-refractivity contribution in [3.05, 3.63) is 29.6 Å². The Morgan fingerprint density at radius 3 is 2.71 bits per heavy atom. The lowest BCUT2D eigenvalue weighted by Gasteiger charge is -2.44. The number of rotatable bonds is 3. The average Bonchev–Trinajstić information content (AvgIpc) is 3.25. The van der Waals surface area contributed by atoms with Crippen molar-refractivity contribution >= 4 is 11.8 Å². The zero-order valence-corrected chi connectivity index (χ0v) is 12.7. The van der Waals surface area contributed by atoms with Gasteiger partial charge in [0.15, 0.2) is 0 Å². The van der Waals surface area contributed by atoms with Crippen LogP contribution >= 0.6 is 0 Å². The van der Waals surface area contributed by atoms with E-state index in [-0.39, 0.29) is 17.9 Å². The zero-order valence-electron chi connectivity index (χ0n) is 12.7. The molecule has 3 rings (SSSR count). The van der Waals surface area contributed by atoms with Crippen LogP contribution in [0.5, 0.6) is 0 Å². The summed E-state index contributed by atoms with van der Waals surface area (Å²) in [5.41, 5.74) is 1.05. The molecule has 21 heavy (non-hydrogen) atoms. The van der Waals surface area contributed by atoms with Crippen LogP contribution in [0, 0.1) is 12.8 Å². The van der Waals surface area contributed by atoms with Crippen molar-refractivity contribution in [1.82, 2.24) is 15.2 Å². The molecule has 5 heteroatoms. The van der Waals surface area contributed by atoms with Crippen molar-refractivity contribution in [2.75, 3.05) is 0 Å². The highest BCUT2D eigenvalue weighted by Crippen LogP contribution is 2.37. The van der Waals surface area contributed by atoms with E-state index in [0.717, 1.165) is 24.1 Å². The molecular formula is C16H21N3O2. The van der Waals surface area contributed by atoms with Gasteiger partial charge in [-0.15, -0.1) is 0 Å². The molecular weight excluding hydrogens is 266 g/mol. The lowest BCUT2D eigenvalue weighted by molar-refractivity contribution is -0.156. The maximum atomic E-state index is 12.8. The number of pyridine rings is 1. The van der Waals surface area contributed by atoms with Gasteiger partial charge in [0.05, 0.1) is 12.2 Å². The molecule has 1 atom stereocenters. The van der Waals surface area contributed by atoms with Gasteiger partial charge in [-0.2, -0.15) is 0 Å². The average molecular weight is 287 g/mol. The molecule has 1 aromatic rings. The molecule has 1 aromatic heterocycles. The van der Waals surface area contributed by atoms with Crippen molar-refractivity contribution in [2.24, 2.45) is 5.92 Å². The van der Waals surface area contributed by atoms with Gasteiger partial charge >= 0.3 is 0 Å². The summed E-state index contributed by atoms with van der Waals surface area (Å²) >= 11 is 0. The summed E-state index contributed by atoms with van der Waals surface area (Å²) in [6, 6.07) is 3.50. The normalized spacial score (nSPS) is 24.9. The predicted octanol–water partition coefficient (Wildman–Crippen LogP) is 1.41. The highest BCUT2D eigenvalue weighted by Gasteiger charge is 2.50. The Bertz CT molecular complexity index is 593. The van der Waals surface area contributed by atoms with Crippen molar-refractivity contribution < 1.29 is 9.59 Å². The van der Waals surface area contributed by atoms with E-state index in [0.29, 0.717) is 12.5 Å². The zero-order chi connectivity index (χ0) is 15.2. The number of nitrogens with zero attached hydrogens (tertiary/aromatic N) is 2. The fourth-order valence-electron chi connectivity index (χ4n) is 2.80. The largest absolute Gasteiger partial charge is 0.342 e. The summed E-state index contributed by atoms with van der Waals surface area (Å²) in [6.45, 7) is 5.95. The second kappa shape index (κ2) is 4.83. The molecule has 1 N–H and O–H groups in total. The molecule has 2 heterocycles. The Balaban J connectivity index is 1.90. The Kier molecular flexibility index (Phi) is 3.23. The third-order valence-electron chi connectivity index (χ3n) is 4.57. The van der Waals surface area contributed by atoms with Gasteiger partial charge in [-0.05, 0) is 51.2 Å². The number of nitrogens with one attached hydrogen (secondary N) is 1. The Morgan fingerprint density at radius 1 is 1.38 bits per heavy atom. The predicted molar refractivity (Wildman–Crippen MR) is 78.3 cm³/mol. The summed E-state index contributed by atoms with van der Waals surface area (Å²) < 4.78 is 0. The summed E-state index contributed by atoms with van der Waals surface area (Å²) in [5, 5.41) is 2.90. The SMILES string of the molecule is Cc1cccnc1CN1C(=O)C(C2CC2)NC(=O)C1(C)C. The van der Waals surface area contributed by atoms with E-state index in [9.17, 15) is 9.59 Å². The monoisotopic (exact) mass is 287 g/mol. The Morgan fingerprint density at radius 2 is 2.10 bits per heavy atom. The molecule has 2 aliphatic rings. The number of aromatic nitrogens is 1. The number of piperazine rings is 1. The van der Waals surface area contributed by atoms with E-state index >= 15 is 0 Å². The summed E-state index contributed by atoms with van der Waals surface area (Å²) in [6.07, 6.45) is 3.77. The maximum absolute atomic E-state index is 12.8. The molecule has 1 saturated heterocycles. The molecule has 0 spiro atoms. The van der Waals surface area contributed by atoms with E-state index < -0.39 is 5.54 Å². The standard InChI is InChI=1S/C16H21N3O2/c1-10-5-4-8-17-12(10)9-19-14(20)13(11-6-7-11)18-15(21)16(19,2)3/h4-5,8,11,13H,6-7,9H2,1-3H3,(H,18,21). The topological polar surface area (TPSA) is 62.3 Å². The lowest BCUT2D eigenvalue weighted by Crippen LogP contribution is -2.68. The van der Waals surface area contributed by atoms with E-state index in [2.05, 4.69) is 10.3 Å². The highest BCUT2D eigenvalue weighted by molar-refractivity contribution is 5.99. The molecule has 0 radical (unpaired) electrons. The molecule has 0 aromatic carbocycles. The van der Waals surface area contributed by atoms with Crippen molar-refractivity contribution in [2.45, 2.75) is 51.7 Å². The Hall–Kier alpha value is -1.91. The van der Waals surface area contributed by atoms with Crippen LogP contribution in [-0.4, -0.2) is 33.3 Å². The first-order valence-electron chi connectivity index (χ1n) is 7.44. The number of carbonyl (C=O) groups is 2. The minimum absolute atomic E-state index is 0.0205. The molecule has 1 unspecified atom stereocenters. The molecule has 1 saturated carbocycles. The van der Waals surface area contributed by atoms with E-state index in [1.165, 1.54) is 0 Å². The van der Waals surface area contributed by atoms with E-state index in [1.54, 1.807) is 24.9 Å². The Labute approximate surface area is 124 Å². The van der Waals surface area contributed by atoms with Gasteiger partial charge in [-0.3, -0.25) is 14.6 Å². The maximum Gasteiger partial charge on any atom is 0.246 e. The van der Waals surface area contributed by atoms with Crippen LogP contribution in [0.4, 0.5) is 0 Å². The third kappa shape index (κ3) is 2.41. The number of hydrogen-bond acceptors (Lipinski definition) is 3. The quantitative estimate of drug-likeness (QED) is 0.914. The van der Waals surface area contributed by atoms with Crippen molar-refractivity contribution in [1.29, 1.82) is 0 Å². The first-order valence-corrected chi connectivity index (χ1v) is 7.44. The van der Waals surface area contributed by atoms with Crippen LogP contribution in [0.2, 0.25) is 0 Å². The molecule has 2 fully saturated rings. The van der Waals surface area contributed by atoms with E-state index in [1.807, 2.05) is 19.1 Å². The number of amides is 2. The van der Waals surface area contributed by atoms with Crippen LogP contribution < -0.4 is 5.32 Å². The summed E-state index contributed by atoms with van der Waals surface area (Å²) in [5.74, 6) is 0.254.